The summed E-state index contributed by atoms with van der Waals surface area (Å²) in [6, 6.07) is 5.49. The highest BCUT2D eigenvalue weighted by Gasteiger charge is 2.22. The van der Waals surface area contributed by atoms with Gasteiger partial charge in [0.1, 0.15) is 10.3 Å². The molecule has 0 atom stereocenters. The molecule has 1 aliphatic rings. The molecule has 5 rings (SSSR count). The predicted octanol–water partition coefficient (Wildman–Crippen LogP) is 6.25. The van der Waals surface area contributed by atoms with Crippen LogP contribution in [0, 0.1) is 12.3 Å². The molecule has 1 aromatic carbocycles. The van der Waals surface area contributed by atoms with E-state index in [0.29, 0.717) is 15.5 Å². The molecule has 0 unspecified atom stereocenters. The van der Waals surface area contributed by atoms with Crippen LogP contribution >= 0.6 is 45.9 Å². The fraction of sp³-hybridized carbons (Fsp3) is 0.263. The first kappa shape index (κ1) is 16.8. The Hall–Kier alpha value is -1.40. The van der Waals surface area contributed by atoms with Gasteiger partial charge >= 0.3 is 0 Å². The number of aromatic nitrogens is 2. The van der Waals surface area contributed by atoms with Gasteiger partial charge in [-0.05, 0) is 56.4 Å². The van der Waals surface area contributed by atoms with Gasteiger partial charge in [-0.15, -0.1) is 11.3 Å². The van der Waals surface area contributed by atoms with Crippen LogP contribution in [-0.2, 0) is 12.8 Å². The maximum absolute atomic E-state index is 8.88. The number of nitrogens with one attached hydrogen (secondary N) is 1. The van der Waals surface area contributed by atoms with Gasteiger partial charge < -0.3 is 0 Å². The number of hydrogen-bond acceptors (Lipinski definition) is 4. The molecule has 132 valence electrons. The summed E-state index contributed by atoms with van der Waals surface area (Å²) in [5, 5.41) is 11.2. The highest BCUT2D eigenvalue weighted by atomic mass is 35.5. The van der Waals surface area contributed by atoms with Crippen LogP contribution in [0.4, 0.5) is 0 Å². The first-order valence-corrected chi connectivity index (χ1v) is 10.9. The van der Waals surface area contributed by atoms with Crippen molar-refractivity contribution >= 4 is 61.1 Å². The molecular formula is C19H15Cl2N3S2. The molecular weight excluding hydrogens is 405 g/mol. The van der Waals surface area contributed by atoms with Gasteiger partial charge in [-0.3, -0.25) is 9.81 Å². The van der Waals surface area contributed by atoms with Crippen LogP contribution in [-0.4, -0.2) is 9.38 Å². The van der Waals surface area contributed by atoms with E-state index in [1.54, 1.807) is 28.7 Å². The second-order valence-corrected chi connectivity index (χ2v) is 9.51. The van der Waals surface area contributed by atoms with Gasteiger partial charge in [-0.2, -0.15) is 0 Å². The average Bonchev–Trinajstić information content (AvgIpc) is 3.15. The van der Waals surface area contributed by atoms with Crippen LogP contribution in [0.1, 0.15) is 29.0 Å². The molecule has 7 heteroatoms. The van der Waals surface area contributed by atoms with E-state index in [0.717, 1.165) is 44.2 Å². The summed E-state index contributed by atoms with van der Waals surface area (Å²) in [7, 11) is 0. The van der Waals surface area contributed by atoms with Crippen molar-refractivity contribution in [1.82, 2.24) is 9.38 Å². The normalized spacial score (nSPS) is 14.3. The Kier molecular flexibility index (Phi) is 3.90. The quantitative estimate of drug-likeness (QED) is 0.389. The van der Waals surface area contributed by atoms with Gasteiger partial charge in [-0.25, -0.2) is 4.98 Å². The van der Waals surface area contributed by atoms with E-state index in [-0.39, 0.29) is 0 Å². The zero-order chi connectivity index (χ0) is 18.0. The van der Waals surface area contributed by atoms with Crippen molar-refractivity contribution in [1.29, 1.82) is 5.41 Å². The van der Waals surface area contributed by atoms with E-state index in [1.165, 1.54) is 23.3 Å². The SMILES string of the molecule is Cc1c(-c2cc(Cl)ccc2Cl)sc2nc3sc4c(c3c(=N)n12)CCCC4. The lowest BCUT2D eigenvalue weighted by Gasteiger charge is -2.10. The Balaban J connectivity index is 1.85. The third-order valence-electron chi connectivity index (χ3n) is 5.03. The van der Waals surface area contributed by atoms with Crippen LogP contribution < -0.4 is 5.49 Å². The van der Waals surface area contributed by atoms with E-state index >= 15 is 0 Å². The van der Waals surface area contributed by atoms with Crippen molar-refractivity contribution < 1.29 is 0 Å². The second kappa shape index (κ2) is 6.06. The molecule has 0 saturated carbocycles. The van der Waals surface area contributed by atoms with Crippen LogP contribution in [0.3, 0.4) is 0 Å². The Bertz CT molecular complexity index is 1250. The van der Waals surface area contributed by atoms with Gasteiger partial charge in [0.15, 0.2) is 4.96 Å². The minimum absolute atomic E-state index is 0.544. The molecule has 0 bridgehead atoms. The van der Waals surface area contributed by atoms with Crippen molar-refractivity contribution in [2.24, 2.45) is 0 Å². The molecule has 0 spiro atoms. The molecule has 3 aromatic heterocycles. The van der Waals surface area contributed by atoms with Gasteiger partial charge in [0, 0.05) is 26.2 Å². The second-order valence-electron chi connectivity index (χ2n) is 6.61. The fourth-order valence-corrected chi connectivity index (χ4v) is 6.70. The molecule has 1 aliphatic carbocycles. The van der Waals surface area contributed by atoms with Crippen molar-refractivity contribution in [3.8, 4) is 10.4 Å². The molecule has 0 saturated heterocycles. The molecule has 1 N–H and O–H groups in total. The summed E-state index contributed by atoms with van der Waals surface area (Å²) in [6.45, 7) is 2.03. The van der Waals surface area contributed by atoms with E-state index in [9.17, 15) is 0 Å². The van der Waals surface area contributed by atoms with Gasteiger partial charge in [0.25, 0.3) is 0 Å². The van der Waals surface area contributed by atoms with Gasteiger partial charge in [-0.1, -0.05) is 34.5 Å². The Morgan fingerprint density at radius 3 is 2.81 bits per heavy atom. The Morgan fingerprint density at radius 2 is 1.96 bits per heavy atom. The van der Waals surface area contributed by atoms with Crippen LogP contribution in [0.5, 0.6) is 0 Å². The van der Waals surface area contributed by atoms with E-state index < -0.39 is 0 Å². The number of aryl methyl sites for hydroxylation is 3. The maximum Gasteiger partial charge on any atom is 0.197 e. The number of benzene rings is 1. The van der Waals surface area contributed by atoms with Crippen LogP contribution in [0.15, 0.2) is 18.2 Å². The number of halogens is 2. The van der Waals surface area contributed by atoms with Crippen molar-refractivity contribution in [2.45, 2.75) is 32.6 Å². The lowest BCUT2D eigenvalue weighted by atomic mass is 9.97. The molecule has 0 radical (unpaired) electrons. The van der Waals surface area contributed by atoms with E-state index in [1.807, 2.05) is 23.5 Å². The first-order valence-electron chi connectivity index (χ1n) is 8.51. The van der Waals surface area contributed by atoms with Crippen molar-refractivity contribution in [3.63, 3.8) is 0 Å². The largest absolute Gasteiger partial charge is 0.283 e. The standard InChI is InChI=1S/C19H15Cl2N3S2/c1-9-16(12-8-10(20)6-7-13(12)21)26-19-23-18-15(17(22)24(9)19)11-4-2-3-5-14(11)25-18/h6-8,22H,2-5H2,1H3. The van der Waals surface area contributed by atoms with Crippen LogP contribution in [0.25, 0.3) is 25.6 Å². The van der Waals surface area contributed by atoms with Crippen molar-refractivity contribution in [3.05, 3.63) is 49.9 Å². The lowest BCUT2D eigenvalue weighted by molar-refractivity contribution is 0.699. The molecule has 3 nitrogen and oxygen atoms in total. The van der Waals surface area contributed by atoms with Crippen molar-refractivity contribution in [2.75, 3.05) is 0 Å². The maximum atomic E-state index is 8.88. The zero-order valence-electron chi connectivity index (χ0n) is 14.0. The number of thiophene rings is 1. The minimum atomic E-state index is 0.544. The fourth-order valence-electron chi connectivity index (χ4n) is 3.79. The summed E-state index contributed by atoms with van der Waals surface area (Å²) < 4.78 is 1.96. The number of thiazole rings is 1. The number of fused-ring (bicyclic) bond motifs is 4. The summed E-state index contributed by atoms with van der Waals surface area (Å²) in [4.78, 5) is 9.17. The summed E-state index contributed by atoms with van der Waals surface area (Å²) in [6.07, 6.45) is 4.62. The molecule has 0 amide bonds. The van der Waals surface area contributed by atoms with Crippen LogP contribution in [0.2, 0.25) is 10.0 Å². The Morgan fingerprint density at radius 1 is 1.15 bits per heavy atom. The molecule has 0 fully saturated rings. The molecule has 3 heterocycles. The molecule has 4 aromatic rings. The Labute approximate surface area is 168 Å². The monoisotopic (exact) mass is 419 g/mol. The van der Waals surface area contributed by atoms with E-state index in [2.05, 4.69) is 0 Å². The lowest BCUT2D eigenvalue weighted by Crippen LogP contribution is -2.16. The minimum Gasteiger partial charge on any atom is -0.283 e. The number of hydrogen-bond donors (Lipinski definition) is 1. The third-order valence-corrected chi connectivity index (χ3v) is 7.96. The first-order chi connectivity index (χ1) is 12.5. The third kappa shape index (κ3) is 2.38. The topological polar surface area (TPSA) is 41.2 Å². The molecule has 26 heavy (non-hydrogen) atoms. The highest BCUT2D eigenvalue weighted by molar-refractivity contribution is 7.21. The summed E-state index contributed by atoms with van der Waals surface area (Å²) in [5.74, 6) is 0. The highest BCUT2D eigenvalue weighted by Crippen LogP contribution is 2.39. The average molecular weight is 420 g/mol. The number of rotatable bonds is 1. The summed E-state index contributed by atoms with van der Waals surface area (Å²) >= 11 is 15.9. The predicted molar refractivity (Wildman–Crippen MR) is 111 cm³/mol. The summed E-state index contributed by atoms with van der Waals surface area (Å²) in [5.41, 5.74) is 3.78. The smallest absolute Gasteiger partial charge is 0.197 e. The van der Waals surface area contributed by atoms with Gasteiger partial charge in [0.05, 0.1) is 10.3 Å². The molecule has 0 aliphatic heterocycles. The zero-order valence-corrected chi connectivity index (χ0v) is 17.2. The van der Waals surface area contributed by atoms with Gasteiger partial charge in [0.2, 0.25) is 0 Å². The number of nitrogens with zero attached hydrogens (tertiary/aromatic N) is 2. The van der Waals surface area contributed by atoms with E-state index in [4.69, 9.17) is 33.6 Å².